The number of benzene rings is 1. The zero-order valence-electron chi connectivity index (χ0n) is 10.7. The van der Waals surface area contributed by atoms with Crippen molar-refractivity contribution in [3.63, 3.8) is 0 Å². The molecule has 2 aromatic rings. The van der Waals surface area contributed by atoms with Crippen molar-refractivity contribution in [3.8, 4) is 0 Å². The van der Waals surface area contributed by atoms with Gasteiger partial charge in [0.1, 0.15) is 5.76 Å². The lowest BCUT2D eigenvalue weighted by Gasteiger charge is -2.08. The maximum Gasteiger partial charge on any atom is 0.269 e. The van der Waals surface area contributed by atoms with Crippen LogP contribution in [0.2, 0.25) is 0 Å². The minimum atomic E-state index is -4.22. The van der Waals surface area contributed by atoms with Crippen LogP contribution in [-0.2, 0) is 10.0 Å². The Morgan fingerprint density at radius 1 is 1.19 bits per heavy atom. The second-order valence-electron chi connectivity index (χ2n) is 4.03. The van der Waals surface area contributed by atoms with Gasteiger partial charge in [0.05, 0.1) is 16.7 Å². The summed E-state index contributed by atoms with van der Waals surface area (Å²) in [7, 11) is -4.22. The SMILES string of the molecule is Cc1occc1C(=O)NNS(=O)(=O)c1ccc(F)c(F)c1. The maximum absolute atomic E-state index is 13.0. The number of carbonyl (C=O) groups is 1. The molecule has 0 radical (unpaired) electrons. The number of rotatable bonds is 4. The number of nitrogens with one attached hydrogen (secondary N) is 2. The highest BCUT2D eigenvalue weighted by molar-refractivity contribution is 7.89. The molecule has 0 aliphatic heterocycles. The van der Waals surface area contributed by atoms with Crippen LogP contribution in [0.25, 0.3) is 0 Å². The molecule has 0 bridgehead atoms. The van der Waals surface area contributed by atoms with Gasteiger partial charge in [0.25, 0.3) is 15.9 Å². The minimum absolute atomic E-state index is 0.142. The summed E-state index contributed by atoms with van der Waals surface area (Å²) in [5, 5.41) is 0. The first kappa shape index (κ1) is 15.1. The number of halogens is 2. The van der Waals surface area contributed by atoms with E-state index in [0.29, 0.717) is 17.9 Å². The van der Waals surface area contributed by atoms with Gasteiger partial charge >= 0.3 is 0 Å². The van der Waals surface area contributed by atoms with E-state index >= 15 is 0 Å². The standard InChI is InChI=1S/C12H10F2N2O4S/c1-7-9(4-5-20-7)12(17)15-16-21(18,19)8-2-3-10(13)11(14)6-8/h2-6,16H,1H3,(H,15,17). The van der Waals surface area contributed by atoms with E-state index in [4.69, 9.17) is 4.42 Å². The fraction of sp³-hybridized carbons (Fsp3) is 0.0833. The second-order valence-corrected chi connectivity index (χ2v) is 5.71. The number of hydrazine groups is 1. The summed E-state index contributed by atoms with van der Waals surface area (Å²) < 4.78 is 54.3. The predicted octanol–water partition coefficient (Wildman–Crippen LogP) is 1.49. The van der Waals surface area contributed by atoms with Crippen LogP contribution in [0, 0.1) is 18.6 Å². The zero-order valence-corrected chi connectivity index (χ0v) is 11.5. The number of hydrogen-bond acceptors (Lipinski definition) is 4. The number of amides is 1. The number of carbonyl (C=O) groups excluding carboxylic acids is 1. The van der Waals surface area contributed by atoms with Crippen molar-refractivity contribution in [1.82, 2.24) is 10.3 Å². The smallest absolute Gasteiger partial charge is 0.269 e. The Kier molecular flexibility index (Phi) is 4.05. The third-order valence-corrected chi connectivity index (χ3v) is 3.85. The van der Waals surface area contributed by atoms with E-state index < -0.39 is 32.5 Å². The molecule has 0 saturated carbocycles. The van der Waals surface area contributed by atoms with Crippen molar-refractivity contribution in [3.05, 3.63) is 53.5 Å². The Hall–Kier alpha value is -2.26. The van der Waals surface area contributed by atoms with E-state index in [2.05, 4.69) is 0 Å². The first-order valence-electron chi connectivity index (χ1n) is 5.62. The lowest BCUT2D eigenvalue weighted by Crippen LogP contribution is -2.41. The van der Waals surface area contributed by atoms with Crippen molar-refractivity contribution < 1.29 is 26.4 Å². The van der Waals surface area contributed by atoms with Gasteiger partial charge in [-0.3, -0.25) is 10.2 Å². The summed E-state index contributed by atoms with van der Waals surface area (Å²) in [6.07, 6.45) is 1.27. The molecule has 0 fully saturated rings. The highest BCUT2D eigenvalue weighted by Crippen LogP contribution is 2.13. The van der Waals surface area contributed by atoms with Gasteiger partial charge in [0, 0.05) is 0 Å². The molecule has 2 N–H and O–H groups in total. The Morgan fingerprint density at radius 2 is 1.90 bits per heavy atom. The van der Waals surface area contributed by atoms with Gasteiger partial charge < -0.3 is 4.42 Å². The van der Waals surface area contributed by atoms with Crippen LogP contribution in [0.1, 0.15) is 16.1 Å². The van der Waals surface area contributed by atoms with Crippen molar-refractivity contribution in [2.45, 2.75) is 11.8 Å². The summed E-state index contributed by atoms with van der Waals surface area (Å²) in [6.45, 7) is 1.53. The molecule has 2 rings (SSSR count). The molecule has 9 heteroatoms. The molecule has 1 aromatic carbocycles. The molecule has 0 atom stereocenters. The molecule has 6 nitrogen and oxygen atoms in total. The zero-order chi connectivity index (χ0) is 15.6. The van der Waals surface area contributed by atoms with E-state index in [9.17, 15) is 22.0 Å². The molecule has 0 unspecified atom stereocenters. The van der Waals surface area contributed by atoms with Crippen molar-refractivity contribution >= 4 is 15.9 Å². The molecule has 1 aromatic heterocycles. The summed E-state index contributed by atoms with van der Waals surface area (Å²) in [5.74, 6) is -2.92. The van der Waals surface area contributed by atoms with Crippen LogP contribution in [0.3, 0.4) is 0 Å². The van der Waals surface area contributed by atoms with Crippen LogP contribution in [0.4, 0.5) is 8.78 Å². The Bertz CT molecular complexity index is 786. The normalized spacial score (nSPS) is 11.4. The van der Waals surface area contributed by atoms with Crippen LogP contribution in [0.15, 0.2) is 39.8 Å². The number of sulfonamides is 1. The van der Waals surface area contributed by atoms with Crippen LogP contribution in [0.5, 0.6) is 0 Å². The van der Waals surface area contributed by atoms with Crippen LogP contribution >= 0.6 is 0 Å². The first-order chi connectivity index (χ1) is 9.81. The second kappa shape index (κ2) is 5.62. The molecule has 0 aliphatic carbocycles. The molecular weight excluding hydrogens is 306 g/mol. The van der Waals surface area contributed by atoms with Gasteiger partial charge in [0.2, 0.25) is 0 Å². The monoisotopic (exact) mass is 316 g/mol. The third-order valence-electron chi connectivity index (χ3n) is 2.60. The van der Waals surface area contributed by atoms with Gasteiger partial charge in [-0.15, -0.1) is 4.83 Å². The van der Waals surface area contributed by atoms with E-state index in [1.165, 1.54) is 19.3 Å². The van der Waals surface area contributed by atoms with E-state index in [-0.39, 0.29) is 5.56 Å². The highest BCUT2D eigenvalue weighted by Gasteiger charge is 2.19. The largest absolute Gasteiger partial charge is 0.469 e. The molecule has 1 amide bonds. The minimum Gasteiger partial charge on any atom is -0.469 e. The quantitative estimate of drug-likeness (QED) is 0.837. The van der Waals surface area contributed by atoms with E-state index in [1.807, 2.05) is 5.43 Å². The Morgan fingerprint density at radius 3 is 2.48 bits per heavy atom. The third kappa shape index (κ3) is 3.26. The topological polar surface area (TPSA) is 88.4 Å². The number of hydrogen-bond donors (Lipinski definition) is 2. The lowest BCUT2D eigenvalue weighted by molar-refractivity contribution is 0.0943. The molecule has 21 heavy (non-hydrogen) atoms. The number of furan rings is 1. The van der Waals surface area contributed by atoms with Gasteiger partial charge in [-0.2, -0.15) is 0 Å². The van der Waals surface area contributed by atoms with Crippen molar-refractivity contribution in [2.75, 3.05) is 0 Å². The molecule has 112 valence electrons. The van der Waals surface area contributed by atoms with Crippen LogP contribution in [-0.4, -0.2) is 14.3 Å². The summed E-state index contributed by atoms with van der Waals surface area (Å²) in [5.41, 5.74) is 2.09. The lowest BCUT2D eigenvalue weighted by atomic mass is 10.2. The maximum atomic E-state index is 13.0. The fourth-order valence-corrected chi connectivity index (χ4v) is 2.36. The summed E-state index contributed by atoms with van der Waals surface area (Å²) in [6, 6.07) is 3.41. The number of aryl methyl sites for hydroxylation is 1. The van der Waals surface area contributed by atoms with Gasteiger partial charge in [0.15, 0.2) is 11.6 Å². The predicted molar refractivity (Wildman–Crippen MR) is 67.6 cm³/mol. The van der Waals surface area contributed by atoms with Crippen LogP contribution < -0.4 is 10.3 Å². The van der Waals surface area contributed by atoms with Gasteiger partial charge in [-0.05, 0) is 31.2 Å². The highest BCUT2D eigenvalue weighted by atomic mass is 32.2. The van der Waals surface area contributed by atoms with E-state index in [0.717, 1.165) is 6.07 Å². The Balaban J connectivity index is 2.13. The van der Waals surface area contributed by atoms with Gasteiger partial charge in [-0.1, -0.05) is 0 Å². The summed E-state index contributed by atoms with van der Waals surface area (Å²) in [4.78, 5) is 13.0. The fourth-order valence-electron chi connectivity index (χ4n) is 1.50. The average Bonchev–Trinajstić information content (AvgIpc) is 2.85. The molecule has 0 spiro atoms. The summed E-state index contributed by atoms with van der Waals surface area (Å²) >= 11 is 0. The molecule has 0 saturated heterocycles. The molecule has 0 aliphatic rings. The van der Waals surface area contributed by atoms with Gasteiger partial charge in [-0.25, -0.2) is 17.2 Å². The first-order valence-corrected chi connectivity index (χ1v) is 7.11. The average molecular weight is 316 g/mol. The van der Waals surface area contributed by atoms with Crippen molar-refractivity contribution in [2.24, 2.45) is 0 Å². The molecule has 1 heterocycles. The molecular formula is C12H10F2N2O4S. The Labute approximate surface area is 118 Å². The van der Waals surface area contributed by atoms with E-state index in [1.54, 1.807) is 4.83 Å². The van der Waals surface area contributed by atoms with Crippen molar-refractivity contribution in [1.29, 1.82) is 0 Å².